The molecule has 0 spiro atoms. The lowest BCUT2D eigenvalue weighted by molar-refractivity contribution is -0.124. The predicted molar refractivity (Wildman–Crippen MR) is 185 cm³/mol. The van der Waals surface area contributed by atoms with Crippen LogP contribution in [-0.2, 0) is 9.22 Å². The predicted octanol–water partition coefficient (Wildman–Crippen LogP) is 9.85. The second-order valence-electron chi connectivity index (χ2n) is 15.1. The van der Waals surface area contributed by atoms with Crippen molar-refractivity contribution < 1.29 is 18.5 Å². The summed E-state index contributed by atoms with van der Waals surface area (Å²) < 4.78 is 17.8. The Morgan fingerprint density at radius 2 is 1.67 bits per heavy atom. The van der Waals surface area contributed by atoms with Gasteiger partial charge in [-0.25, -0.2) is 0 Å². The van der Waals surface area contributed by atoms with E-state index in [1.807, 2.05) is 25.1 Å². The Labute approximate surface area is 272 Å². The lowest BCUT2D eigenvalue weighted by atomic mass is 9.78. The zero-order valence-electron chi connectivity index (χ0n) is 28.8. The van der Waals surface area contributed by atoms with E-state index in [1.165, 1.54) is 11.1 Å². The quantitative estimate of drug-likeness (QED) is 0.220. The number of carbonyl (C=O) groups is 1. The maximum atomic E-state index is 14.4. The minimum absolute atomic E-state index is 0.0269. The summed E-state index contributed by atoms with van der Waals surface area (Å²) in [5.41, 5.74) is 5.37. The Morgan fingerprint density at radius 1 is 0.956 bits per heavy atom. The fourth-order valence-corrected chi connectivity index (χ4v) is 8.41. The summed E-state index contributed by atoms with van der Waals surface area (Å²) in [7, 11) is -0.103. The van der Waals surface area contributed by atoms with Crippen molar-refractivity contribution in [1.29, 1.82) is 0 Å². The Bertz CT molecular complexity index is 1440. The number of amides is 1. The van der Waals surface area contributed by atoms with Gasteiger partial charge in [-0.1, -0.05) is 50.2 Å². The van der Waals surface area contributed by atoms with Gasteiger partial charge in [0, 0.05) is 35.9 Å². The molecule has 1 aromatic heterocycles. The normalized spacial score (nSPS) is 22.7. The Kier molecular flexibility index (Phi) is 10.3. The molecule has 0 radical (unpaired) electrons. The highest BCUT2D eigenvalue weighted by Crippen LogP contribution is 2.41. The molecule has 7 heteroatoms. The summed E-state index contributed by atoms with van der Waals surface area (Å²) in [6.45, 7) is 16.4. The van der Waals surface area contributed by atoms with Crippen LogP contribution in [0.3, 0.4) is 0 Å². The minimum atomic E-state index is -1.84. The molecule has 1 heterocycles. The maximum Gasteiger partial charge on any atom is 0.230 e. The van der Waals surface area contributed by atoms with Gasteiger partial charge in [0.1, 0.15) is 5.75 Å². The Balaban J connectivity index is 1.30. The molecule has 45 heavy (non-hydrogen) atoms. The van der Waals surface area contributed by atoms with Gasteiger partial charge in [-0.2, -0.15) is 0 Å². The van der Waals surface area contributed by atoms with E-state index in [2.05, 4.69) is 81.2 Å². The summed E-state index contributed by atoms with van der Waals surface area (Å²) in [4.78, 5) is 16.5. The van der Waals surface area contributed by atoms with Crippen molar-refractivity contribution in [3.8, 4) is 17.1 Å². The summed E-state index contributed by atoms with van der Waals surface area (Å²) in [6.07, 6.45) is 8.48. The van der Waals surface area contributed by atoms with E-state index in [-0.39, 0.29) is 23.0 Å². The molecular formula is C38H54N2O4Si. The number of benzene rings is 2. The molecule has 0 bridgehead atoms. The van der Waals surface area contributed by atoms with Gasteiger partial charge >= 0.3 is 0 Å². The van der Waals surface area contributed by atoms with Gasteiger partial charge in [0.05, 0.1) is 12.8 Å². The first-order chi connectivity index (χ1) is 21.3. The zero-order valence-corrected chi connectivity index (χ0v) is 29.8. The monoisotopic (exact) mass is 630 g/mol. The first-order valence-corrected chi connectivity index (χ1v) is 19.9. The number of aryl methyl sites for hydroxylation is 2. The molecule has 5 rings (SSSR count). The van der Waals surface area contributed by atoms with Gasteiger partial charge in [0.25, 0.3) is 0 Å². The van der Waals surface area contributed by atoms with E-state index in [9.17, 15) is 4.79 Å². The van der Waals surface area contributed by atoms with Crippen LogP contribution < -0.4 is 9.64 Å². The second kappa shape index (κ2) is 13.8. The maximum absolute atomic E-state index is 14.4. The zero-order chi connectivity index (χ0) is 32.4. The molecule has 0 N–H and O–H groups in total. The average molecular weight is 631 g/mol. The summed E-state index contributed by atoms with van der Waals surface area (Å²) in [6, 6.07) is 16.9. The van der Waals surface area contributed by atoms with E-state index < -0.39 is 8.32 Å². The number of carbonyl (C=O) groups excluding carboxylic acids is 1. The summed E-state index contributed by atoms with van der Waals surface area (Å²) in [5.74, 6) is 3.01. The van der Waals surface area contributed by atoms with Gasteiger partial charge < -0.3 is 18.6 Å². The molecule has 244 valence electrons. The lowest BCUT2D eigenvalue weighted by Gasteiger charge is -2.41. The third-order valence-corrected chi connectivity index (χ3v) is 15.3. The number of anilines is 1. The van der Waals surface area contributed by atoms with Crippen LogP contribution in [0.25, 0.3) is 11.3 Å². The highest BCUT2D eigenvalue weighted by Gasteiger charge is 2.41. The number of ether oxygens (including phenoxy) is 1. The molecule has 0 unspecified atom stereocenters. The molecule has 2 saturated carbocycles. The van der Waals surface area contributed by atoms with Gasteiger partial charge in [0.2, 0.25) is 5.91 Å². The van der Waals surface area contributed by atoms with Gasteiger partial charge in [0.15, 0.2) is 14.1 Å². The fraction of sp³-hybridized carbons (Fsp3) is 0.579. The Morgan fingerprint density at radius 3 is 2.27 bits per heavy atom. The number of methoxy groups -OCH3 is 1. The standard InChI is InChI=1S/C38H54N2O4Si/c1-26-22-31(18-21-35(26)42-6)29-14-12-28(13-15-29)25-40(33-11-9-10-32(24-33)36-23-27(2)39-43-36)37(41)30-16-19-34(20-17-30)44-45(7,8)38(3,4)5/h9-11,18,21-24,28-30,34H,12-17,19-20,25H2,1-8H3/t28-,29-,30-,34-. The first kappa shape index (κ1) is 33.5. The van der Waals surface area contributed by atoms with Crippen LogP contribution in [0, 0.1) is 25.7 Å². The number of nitrogens with zero attached hydrogens (tertiary/aromatic N) is 2. The van der Waals surface area contributed by atoms with Crippen LogP contribution in [0.15, 0.2) is 53.1 Å². The number of hydrogen-bond donors (Lipinski definition) is 0. The van der Waals surface area contributed by atoms with Crippen LogP contribution in [0.1, 0.15) is 94.9 Å². The third kappa shape index (κ3) is 7.91. The van der Waals surface area contributed by atoms with E-state index in [0.29, 0.717) is 11.8 Å². The number of aromatic nitrogens is 1. The molecule has 2 aliphatic rings. The largest absolute Gasteiger partial charge is 0.496 e. The highest BCUT2D eigenvalue weighted by atomic mass is 28.4. The van der Waals surface area contributed by atoms with E-state index in [4.69, 9.17) is 13.7 Å². The molecule has 0 atom stereocenters. The molecule has 2 fully saturated rings. The van der Waals surface area contributed by atoms with Gasteiger partial charge in [-0.15, -0.1) is 0 Å². The van der Waals surface area contributed by atoms with Crippen LogP contribution in [0.5, 0.6) is 5.75 Å². The first-order valence-electron chi connectivity index (χ1n) is 17.0. The molecule has 1 amide bonds. The van der Waals surface area contributed by atoms with Gasteiger partial charge in [-0.05, 0) is 125 Å². The molecule has 3 aromatic rings. The van der Waals surface area contributed by atoms with Crippen molar-refractivity contribution in [2.75, 3.05) is 18.6 Å². The number of hydrogen-bond acceptors (Lipinski definition) is 5. The average Bonchev–Trinajstić information content (AvgIpc) is 3.46. The lowest BCUT2D eigenvalue weighted by Crippen LogP contribution is -2.46. The molecule has 0 aliphatic heterocycles. The topological polar surface area (TPSA) is 64.8 Å². The molecule has 2 aromatic carbocycles. The van der Waals surface area contributed by atoms with Crippen molar-refractivity contribution in [2.24, 2.45) is 11.8 Å². The van der Waals surface area contributed by atoms with Crippen LogP contribution >= 0.6 is 0 Å². The number of rotatable bonds is 9. The van der Waals surface area contributed by atoms with E-state index in [1.54, 1.807) is 7.11 Å². The summed E-state index contributed by atoms with van der Waals surface area (Å²) >= 11 is 0. The van der Waals surface area contributed by atoms with Crippen LogP contribution in [0.2, 0.25) is 18.1 Å². The van der Waals surface area contributed by atoms with Crippen molar-refractivity contribution >= 4 is 19.9 Å². The molecule has 0 saturated heterocycles. The van der Waals surface area contributed by atoms with E-state index in [0.717, 1.165) is 86.4 Å². The van der Waals surface area contributed by atoms with Crippen molar-refractivity contribution in [3.63, 3.8) is 0 Å². The van der Waals surface area contributed by atoms with Crippen LogP contribution in [0.4, 0.5) is 5.69 Å². The van der Waals surface area contributed by atoms with Crippen molar-refractivity contribution in [1.82, 2.24) is 5.16 Å². The molecule has 2 aliphatic carbocycles. The smallest absolute Gasteiger partial charge is 0.230 e. The van der Waals surface area contributed by atoms with Crippen LogP contribution in [-0.4, -0.2) is 39.1 Å². The van der Waals surface area contributed by atoms with Gasteiger partial charge in [-0.3, -0.25) is 4.79 Å². The SMILES string of the molecule is COc1ccc([C@H]2CC[C@H](CN(c3cccc(-c4cc(C)no4)c3)C(=O)[C@H]3CC[C@H](O[Si](C)(C)C(C)(C)C)CC3)CC2)cc1C. The van der Waals surface area contributed by atoms with Crippen molar-refractivity contribution in [2.45, 2.75) is 116 Å². The van der Waals surface area contributed by atoms with Crippen molar-refractivity contribution in [3.05, 3.63) is 65.4 Å². The fourth-order valence-electron chi connectivity index (χ4n) is 6.98. The minimum Gasteiger partial charge on any atom is -0.496 e. The molecule has 6 nitrogen and oxygen atoms in total. The third-order valence-electron chi connectivity index (χ3n) is 10.8. The van der Waals surface area contributed by atoms with E-state index >= 15 is 0 Å². The molecular weight excluding hydrogens is 577 g/mol. The highest BCUT2D eigenvalue weighted by molar-refractivity contribution is 6.74. The Hall–Kier alpha value is -2.90. The second-order valence-corrected chi connectivity index (χ2v) is 19.9. The summed E-state index contributed by atoms with van der Waals surface area (Å²) in [5, 5.41) is 4.28.